The van der Waals surface area contributed by atoms with Crippen LogP contribution in [0.15, 0.2) is 24.5 Å². The molecule has 0 unspecified atom stereocenters. The summed E-state index contributed by atoms with van der Waals surface area (Å²) in [7, 11) is 0. The van der Waals surface area contributed by atoms with Gasteiger partial charge >= 0.3 is 6.09 Å². The summed E-state index contributed by atoms with van der Waals surface area (Å²) in [6.45, 7) is 5.87. The Bertz CT molecular complexity index is 782. The third-order valence-electron chi connectivity index (χ3n) is 3.19. The molecule has 134 valence electrons. The summed E-state index contributed by atoms with van der Waals surface area (Å²) >= 11 is 0. The van der Waals surface area contributed by atoms with Crippen molar-refractivity contribution < 1.29 is 23.1 Å². The highest BCUT2D eigenvalue weighted by Gasteiger charge is 2.17. The quantitative estimate of drug-likeness (QED) is 0.840. The van der Waals surface area contributed by atoms with Gasteiger partial charge in [0.25, 0.3) is 0 Å². The topological polar surface area (TPSA) is 73.2 Å². The average Bonchev–Trinajstić information content (AvgIpc) is 2.96. The van der Waals surface area contributed by atoms with E-state index >= 15 is 0 Å². The summed E-state index contributed by atoms with van der Waals surface area (Å²) in [5, 5.41) is 6.62. The van der Waals surface area contributed by atoms with Crippen molar-refractivity contribution in [1.82, 2.24) is 15.1 Å². The van der Waals surface area contributed by atoms with Crippen LogP contribution in [-0.4, -0.2) is 34.3 Å². The van der Waals surface area contributed by atoms with E-state index in [-0.39, 0.29) is 24.0 Å². The van der Waals surface area contributed by atoms with Gasteiger partial charge in [-0.25, -0.2) is 13.6 Å². The lowest BCUT2D eigenvalue weighted by molar-refractivity contribution is 0.0525. The number of aldehydes is 1. The highest BCUT2D eigenvalue weighted by atomic mass is 19.2. The number of amides is 1. The number of halogens is 2. The Hall–Kier alpha value is -2.77. The van der Waals surface area contributed by atoms with E-state index in [9.17, 15) is 18.4 Å². The molecule has 0 aliphatic heterocycles. The maximum Gasteiger partial charge on any atom is 0.407 e. The number of carbonyl (C=O) groups excluding carboxylic acids is 2. The fourth-order valence-electron chi connectivity index (χ4n) is 2.09. The summed E-state index contributed by atoms with van der Waals surface area (Å²) in [5.41, 5.74) is -0.547. The van der Waals surface area contributed by atoms with Crippen LogP contribution in [0.2, 0.25) is 0 Å². The largest absolute Gasteiger partial charge is 0.444 e. The number of hydrogen-bond donors (Lipinski definition) is 1. The summed E-state index contributed by atoms with van der Waals surface area (Å²) in [6, 6.07) is 2.53. The number of rotatable bonds is 5. The van der Waals surface area contributed by atoms with Crippen molar-refractivity contribution in [3.05, 3.63) is 41.7 Å². The smallest absolute Gasteiger partial charge is 0.407 e. The van der Waals surface area contributed by atoms with E-state index in [1.807, 2.05) is 0 Å². The molecule has 1 heterocycles. The lowest BCUT2D eigenvalue weighted by Gasteiger charge is -2.19. The van der Waals surface area contributed by atoms with E-state index in [0.29, 0.717) is 12.1 Å². The minimum atomic E-state index is -1.19. The fraction of sp³-hybridized carbons (Fsp3) is 0.353. The molecule has 0 bridgehead atoms. The summed E-state index contributed by atoms with van der Waals surface area (Å²) in [5.74, 6) is -2.29. The van der Waals surface area contributed by atoms with E-state index in [1.165, 1.54) is 29.2 Å². The van der Waals surface area contributed by atoms with Gasteiger partial charge in [0.05, 0.1) is 18.3 Å². The summed E-state index contributed by atoms with van der Waals surface area (Å²) in [6.07, 6.45) is 2.62. The first-order valence-corrected chi connectivity index (χ1v) is 7.64. The first-order valence-electron chi connectivity index (χ1n) is 7.64. The molecular formula is C17H19F2N3O3. The van der Waals surface area contributed by atoms with E-state index in [0.717, 1.165) is 0 Å². The van der Waals surface area contributed by atoms with Crippen molar-refractivity contribution in [2.24, 2.45) is 0 Å². The number of nitrogens with one attached hydrogen (secondary N) is 1. The van der Waals surface area contributed by atoms with Crippen LogP contribution in [0, 0.1) is 11.6 Å². The van der Waals surface area contributed by atoms with Gasteiger partial charge in [-0.2, -0.15) is 5.10 Å². The molecule has 1 N–H and O–H groups in total. The molecule has 8 heteroatoms. The van der Waals surface area contributed by atoms with Gasteiger partial charge < -0.3 is 10.1 Å². The van der Waals surface area contributed by atoms with Crippen molar-refractivity contribution in [1.29, 1.82) is 0 Å². The Kier molecular flexibility index (Phi) is 5.51. The standard InChI is InChI=1S/C17H19F2N3O3/c1-17(2,3)25-16(24)20-6-7-22-9-12(8-21-22)13-5-4-11(10-23)14(18)15(13)19/h4-5,8-10H,6-7H2,1-3H3,(H,20,24). The number of hydrogen-bond acceptors (Lipinski definition) is 4. The Morgan fingerprint density at radius 3 is 2.68 bits per heavy atom. The molecule has 0 radical (unpaired) electrons. The third-order valence-corrected chi connectivity index (χ3v) is 3.19. The molecule has 2 rings (SSSR count). The molecule has 6 nitrogen and oxygen atoms in total. The first kappa shape index (κ1) is 18.6. The number of aromatic nitrogens is 2. The summed E-state index contributed by atoms with van der Waals surface area (Å²) < 4.78 is 34.3. The molecule has 0 aliphatic rings. The van der Waals surface area contributed by atoms with Crippen LogP contribution in [0.4, 0.5) is 13.6 Å². The zero-order valence-corrected chi connectivity index (χ0v) is 14.2. The normalized spacial score (nSPS) is 11.2. The van der Waals surface area contributed by atoms with Gasteiger partial charge in [-0.3, -0.25) is 9.48 Å². The Balaban J connectivity index is 2.00. The van der Waals surface area contributed by atoms with Crippen LogP contribution in [0.3, 0.4) is 0 Å². The number of nitrogens with zero attached hydrogens (tertiary/aromatic N) is 2. The fourth-order valence-corrected chi connectivity index (χ4v) is 2.09. The summed E-state index contributed by atoms with van der Waals surface area (Å²) in [4.78, 5) is 22.2. The van der Waals surface area contributed by atoms with Crippen LogP contribution in [0.25, 0.3) is 11.1 Å². The molecule has 0 fully saturated rings. The minimum Gasteiger partial charge on any atom is -0.444 e. The lowest BCUT2D eigenvalue weighted by atomic mass is 10.1. The minimum absolute atomic E-state index is 0.00875. The number of carbonyl (C=O) groups is 2. The molecule has 25 heavy (non-hydrogen) atoms. The maximum absolute atomic E-state index is 14.0. The number of benzene rings is 1. The van der Waals surface area contributed by atoms with Gasteiger partial charge in [0, 0.05) is 23.9 Å². The van der Waals surface area contributed by atoms with Crippen LogP contribution in [0.1, 0.15) is 31.1 Å². The predicted molar refractivity (Wildman–Crippen MR) is 87.2 cm³/mol. The van der Waals surface area contributed by atoms with Crippen molar-refractivity contribution in [3.8, 4) is 11.1 Å². The predicted octanol–water partition coefficient (Wildman–Crippen LogP) is 3.17. The zero-order chi connectivity index (χ0) is 18.6. The lowest BCUT2D eigenvalue weighted by Crippen LogP contribution is -2.34. The van der Waals surface area contributed by atoms with Crippen LogP contribution < -0.4 is 5.32 Å². The Morgan fingerprint density at radius 1 is 1.32 bits per heavy atom. The zero-order valence-electron chi connectivity index (χ0n) is 14.2. The van der Waals surface area contributed by atoms with Crippen LogP contribution in [-0.2, 0) is 11.3 Å². The Labute approximate surface area is 143 Å². The van der Waals surface area contributed by atoms with E-state index in [4.69, 9.17) is 4.74 Å². The Morgan fingerprint density at radius 2 is 2.04 bits per heavy atom. The second kappa shape index (κ2) is 7.42. The average molecular weight is 351 g/mol. The molecule has 0 saturated carbocycles. The molecule has 0 aliphatic carbocycles. The van der Waals surface area contributed by atoms with E-state index in [1.54, 1.807) is 20.8 Å². The first-order chi connectivity index (χ1) is 11.7. The number of alkyl carbamates (subject to hydrolysis) is 1. The van der Waals surface area contributed by atoms with Crippen molar-refractivity contribution in [2.75, 3.05) is 6.54 Å². The number of ether oxygens (including phenoxy) is 1. The van der Waals surface area contributed by atoms with Gasteiger partial charge in [0.2, 0.25) is 0 Å². The molecule has 0 spiro atoms. The highest BCUT2D eigenvalue weighted by Crippen LogP contribution is 2.25. The van der Waals surface area contributed by atoms with Crippen LogP contribution >= 0.6 is 0 Å². The molecule has 1 amide bonds. The van der Waals surface area contributed by atoms with Crippen LogP contribution in [0.5, 0.6) is 0 Å². The van der Waals surface area contributed by atoms with E-state index in [2.05, 4.69) is 10.4 Å². The highest BCUT2D eigenvalue weighted by molar-refractivity contribution is 5.77. The van der Waals surface area contributed by atoms with Crippen molar-refractivity contribution in [3.63, 3.8) is 0 Å². The molecule has 2 aromatic rings. The molecule has 1 aromatic heterocycles. The van der Waals surface area contributed by atoms with Gasteiger partial charge in [-0.05, 0) is 26.8 Å². The molecule has 0 atom stereocenters. The third kappa shape index (κ3) is 4.85. The van der Waals surface area contributed by atoms with Gasteiger partial charge in [-0.1, -0.05) is 6.07 Å². The molecular weight excluding hydrogens is 332 g/mol. The molecule has 0 saturated heterocycles. The maximum atomic E-state index is 14.0. The van der Waals surface area contributed by atoms with Gasteiger partial charge in [-0.15, -0.1) is 0 Å². The van der Waals surface area contributed by atoms with Gasteiger partial charge in [0.1, 0.15) is 5.60 Å². The van der Waals surface area contributed by atoms with Gasteiger partial charge in [0.15, 0.2) is 17.9 Å². The second-order valence-corrected chi connectivity index (χ2v) is 6.37. The van der Waals surface area contributed by atoms with E-state index < -0.39 is 23.3 Å². The monoisotopic (exact) mass is 351 g/mol. The SMILES string of the molecule is CC(C)(C)OC(=O)NCCn1cc(-c2ccc(C=O)c(F)c2F)cn1. The molecule has 1 aromatic carbocycles. The second-order valence-electron chi connectivity index (χ2n) is 6.37. The van der Waals surface area contributed by atoms with Crippen molar-refractivity contribution >= 4 is 12.4 Å². The van der Waals surface area contributed by atoms with Crippen molar-refractivity contribution in [2.45, 2.75) is 32.9 Å².